The van der Waals surface area contributed by atoms with Gasteiger partial charge in [0, 0.05) is 30.8 Å². The van der Waals surface area contributed by atoms with Crippen molar-refractivity contribution in [1.82, 2.24) is 9.59 Å². The molecule has 1 aromatic carbocycles. The third kappa shape index (κ3) is 2.79. The van der Waals surface area contributed by atoms with Gasteiger partial charge in [-0.1, -0.05) is 22.2 Å². The lowest BCUT2D eigenvalue weighted by Crippen LogP contribution is -2.22. The second-order valence-electron chi connectivity index (χ2n) is 4.15. The van der Waals surface area contributed by atoms with Crippen LogP contribution < -0.4 is 10.2 Å². The first-order valence-electron chi connectivity index (χ1n) is 6.05. The lowest BCUT2D eigenvalue weighted by atomic mass is 10.2. The molecule has 0 fully saturated rings. The summed E-state index contributed by atoms with van der Waals surface area (Å²) in [4.78, 5) is 2.29. The Morgan fingerprint density at radius 2 is 2.00 bits per heavy atom. The van der Waals surface area contributed by atoms with E-state index in [1.807, 2.05) is 7.05 Å². The molecule has 18 heavy (non-hydrogen) atoms. The van der Waals surface area contributed by atoms with Crippen molar-refractivity contribution in [3.63, 3.8) is 0 Å². The van der Waals surface area contributed by atoms with Crippen LogP contribution in [0, 0.1) is 6.92 Å². The molecule has 0 bridgehead atoms. The molecule has 4 nitrogen and oxygen atoms in total. The van der Waals surface area contributed by atoms with Crippen LogP contribution >= 0.6 is 11.5 Å². The normalized spacial score (nSPS) is 10.4. The summed E-state index contributed by atoms with van der Waals surface area (Å²) in [7, 11) is 1.90. The van der Waals surface area contributed by atoms with Gasteiger partial charge >= 0.3 is 0 Å². The largest absolute Gasteiger partial charge is 0.377 e. The maximum atomic E-state index is 4.18. The molecule has 2 rings (SSSR count). The Morgan fingerprint density at radius 3 is 2.61 bits per heavy atom. The Hall–Kier alpha value is -1.62. The van der Waals surface area contributed by atoms with Gasteiger partial charge in [-0.05, 0) is 26.0 Å². The maximum absolute atomic E-state index is 4.18. The molecule has 0 aliphatic rings. The van der Waals surface area contributed by atoms with Crippen molar-refractivity contribution in [1.29, 1.82) is 0 Å². The smallest absolute Gasteiger partial charge is 0.134 e. The van der Waals surface area contributed by atoms with Crippen LogP contribution in [0.5, 0.6) is 0 Å². The van der Waals surface area contributed by atoms with Gasteiger partial charge in [0.1, 0.15) is 10.7 Å². The Morgan fingerprint density at radius 1 is 1.28 bits per heavy atom. The van der Waals surface area contributed by atoms with Crippen LogP contribution in [0.4, 0.5) is 10.7 Å². The average Bonchev–Trinajstić information content (AvgIpc) is 2.84. The first-order valence-corrected chi connectivity index (χ1v) is 6.82. The summed E-state index contributed by atoms with van der Waals surface area (Å²) in [5.41, 5.74) is 3.50. The molecule has 0 saturated heterocycles. The maximum Gasteiger partial charge on any atom is 0.134 e. The number of aromatic nitrogens is 2. The number of nitrogens with zero attached hydrogens (tertiary/aromatic N) is 3. The van der Waals surface area contributed by atoms with E-state index >= 15 is 0 Å². The van der Waals surface area contributed by atoms with Crippen LogP contribution in [0.1, 0.15) is 18.2 Å². The summed E-state index contributed by atoms with van der Waals surface area (Å²) in [6.07, 6.45) is 0. The van der Waals surface area contributed by atoms with Crippen LogP contribution in [0.15, 0.2) is 24.3 Å². The second kappa shape index (κ2) is 5.82. The average molecular weight is 262 g/mol. The van der Waals surface area contributed by atoms with Crippen molar-refractivity contribution in [2.75, 3.05) is 23.8 Å². The molecular formula is C13H18N4S. The molecule has 1 aromatic heterocycles. The number of hydrogen-bond acceptors (Lipinski definition) is 5. The second-order valence-corrected chi connectivity index (χ2v) is 4.90. The first kappa shape index (κ1) is 12.8. The van der Waals surface area contributed by atoms with Crippen molar-refractivity contribution in [3.8, 4) is 0 Å². The van der Waals surface area contributed by atoms with Gasteiger partial charge in [0.05, 0.1) is 6.54 Å². The molecule has 0 aliphatic heterocycles. The minimum atomic E-state index is 0.784. The Bertz CT molecular complexity index is 492. The fourth-order valence-electron chi connectivity index (χ4n) is 1.82. The zero-order valence-corrected chi connectivity index (χ0v) is 11.8. The molecule has 0 unspecified atom stereocenters. The molecule has 1 N–H and O–H groups in total. The van der Waals surface area contributed by atoms with E-state index in [0.29, 0.717) is 0 Å². The summed E-state index contributed by atoms with van der Waals surface area (Å²) in [5.74, 6) is 0. The lowest BCUT2D eigenvalue weighted by molar-refractivity contribution is 0.804. The van der Waals surface area contributed by atoms with E-state index in [4.69, 9.17) is 0 Å². The number of hydrogen-bond donors (Lipinski definition) is 1. The van der Waals surface area contributed by atoms with Crippen LogP contribution in [0.25, 0.3) is 0 Å². The van der Waals surface area contributed by atoms with E-state index in [0.717, 1.165) is 23.8 Å². The Balaban J connectivity index is 2.17. The number of nitrogens with one attached hydrogen (secondary N) is 1. The highest BCUT2D eigenvalue weighted by Gasteiger charge is 2.11. The number of anilines is 2. The van der Waals surface area contributed by atoms with Crippen molar-refractivity contribution in [2.45, 2.75) is 20.4 Å². The molecule has 1 heterocycles. The quantitative estimate of drug-likeness (QED) is 0.899. The SMILES string of the molecule is CCN(Cc1nnsc1NC)c1ccc(C)cc1. The van der Waals surface area contributed by atoms with E-state index in [1.54, 1.807) is 0 Å². The fourth-order valence-corrected chi connectivity index (χ4v) is 2.35. The molecule has 0 radical (unpaired) electrons. The molecule has 0 spiro atoms. The van der Waals surface area contributed by atoms with Gasteiger partial charge in [0.15, 0.2) is 0 Å². The molecule has 96 valence electrons. The van der Waals surface area contributed by atoms with Crippen LogP contribution in [-0.4, -0.2) is 23.2 Å². The highest BCUT2D eigenvalue weighted by molar-refractivity contribution is 7.10. The first-order chi connectivity index (χ1) is 8.74. The summed E-state index contributed by atoms with van der Waals surface area (Å²) >= 11 is 1.40. The minimum absolute atomic E-state index is 0.784. The third-order valence-electron chi connectivity index (χ3n) is 2.90. The van der Waals surface area contributed by atoms with Gasteiger partial charge in [-0.3, -0.25) is 0 Å². The van der Waals surface area contributed by atoms with E-state index in [2.05, 4.69) is 57.9 Å². The third-order valence-corrected chi connectivity index (χ3v) is 3.69. The summed E-state index contributed by atoms with van der Waals surface area (Å²) in [6.45, 7) is 5.98. The van der Waals surface area contributed by atoms with Gasteiger partial charge in [0.25, 0.3) is 0 Å². The van der Waals surface area contributed by atoms with Gasteiger partial charge in [0.2, 0.25) is 0 Å². The van der Waals surface area contributed by atoms with Gasteiger partial charge in [-0.2, -0.15) is 0 Å². The van der Waals surface area contributed by atoms with Crippen molar-refractivity contribution in [2.24, 2.45) is 0 Å². The number of aryl methyl sites for hydroxylation is 1. The predicted molar refractivity (Wildman–Crippen MR) is 77.4 cm³/mol. The van der Waals surface area contributed by atoms with Crippen LogP contribution in [-0.2, 0) is 6.54 Å². The molecular weight excluding hydrogens is 244 g/mol. The van der Waals surface area contributed by atoms with Crippen molar-refractivity contribution in [3.05, 3.63) is 35.5 Å². The zero-order chi connectivity index (χ0) is 13.0. The van der Waals surface area contributed by atoms with Gasteiger partial charge in [-0.25, -0.2) is 0 Å². The van der Waals surface area contributed by atoms with E-state index in [9.17, 15) is 0 Å². The molecule has 0 atom stereocenters. The Labute approximate surface area is 112 Å². The van der Waals surface area contributed by atoms with Gasteiger partial charge < -0.3 is 10.2 Å². The molecule has 2 aromatic rings. The predicted octanol–water partition coefficient (Wildman–Crippen LogP) is 2.91. The molecule has 0 amide bonds. The van der Waals surface area contributed by atoms with Crippen LogP contribution in [0.3, 0.4) is 0 Å². The fraction of sp³-hybridized carbons (Fsp3) is 0.385. The zero-order valence-electron chi connectivity index (χ0n) is 11.0. The highest BCUT2D eigenvalue weighted by atomic mass is 32.1. The van der Waals surface area contributed by atoms with Gasteiger partial charge in [-0.15, -0.1) is 5.10 Å². The summed E-state index contributed by atoms with van der Waals surface area (Å²) in [5, 5.41) is 8.36. The summed E-state index contributed by atoms with van der Waals surface area (Å²) < 4.78 is 3.99. The monoisotopic (exact) mass is 262 g/mol. The van der Waals surface area contributed by atoms with Crippen molar-refractivity contribution >= 4 is 22.2 Å². The lowest BCUT2D eigenvalue weighted by Gasteiger charge is -2.22. The number of benzene rings is 1. The topological polar surface area (TPSA) is 41.1 Å². The Kier molecular flexibility index (Phi) is 4.15. The van der Waals surface area contributed by atoms with Crippen LogP contribution in [0.2, 0.25) is 0 Å². The van der Waals surface area contributed by atoms with E-state index in [-0.39, 0.29) is 0 Å². The minimum Gasteiger partial charge on any atom is -0.377 e. The molecule has 5 heteroatoms. The number of rotatable bonds is 5. The summed E-state index contributed by atoms with van der Waals surface area (Å²) in [6, 6.07) is 8.57. The van der Waals surface area contributed by atoms with Crippen molar-refractivity contribution < 1.29 is 0 Å². The van der Waals surface area contributed by atoms with E-state index < -0.39 is 0 Å². The highest BCUT2D eigenvalue weighted by Crippen LogP contribution is 2.22. The molecule has 0 aliphatic carbocycles. The molecule has 0 saturated carbocycles. The van der Waals surface area contributed by atoms with E-state index in [1.165, 1.54) is 22.8 Å². The standard InChI is InChI=1S/C13H18N4S/c1-4-17(11-7-5-10(2)6-8-11)9-12-13(14-3)18-16-15-12/h5-8,14H,4,9H2,1-3H3.